The van der Waals surface area contributed by atoms with E-state index < -0.39 is 0 Å². The highest BCUT2D eigenvalue weighted by molar-refractivity contribution is 6.38. The predicted molar refractivity (Wildman–Crippen MR) is 91.4 cm³/mol. The Balaban J connectivity index is 1.90. The van der Waals surface area contributed by atoms with Crippen molar-refractivity contribution in [1.29, 1.82) is 0 Å². The molecular formula is C17H18Cl2N2. The summed E-state index contributed by atoms with van der Waals surface area (Å²) in [5.74, 6) is 0. The Bertz CT molecular complexity index is 659. The van der Waals surface area contributed by atoms with Crippen molar-refractivity contribution in [3.8, 4) is 0 Å². The molecule has 0 radical (unpaired) electrons. The molecule has 21 heavy (non-hydrogen) atoms. The van der Waals surface area contributed by atoms with Crippen LogP contribution in [0.15, 0.2) is 30.3 Å². The van der Waals surface area contributed by atoms with Crippen LogP contribution >= 0.6 is 23.2 Å². The van der Waals surface area contributed by atoms with Gasteiger partial charge in [0.1, 0.15) is 0 Å². The molecule has 2 N–H and O–H groups in total. The van der Waals surface area contributed by atoms with E-state index in [1.165, 1.54) is 23.2 Å². The maximum Gasteiger partial charge on any atom is 0.0693 e. The molecule has 0 atom stereocenters. The van der Waals surface area contributed by atoms with Gasteiger partial charge >= 0.3 is 0 Å². The molecule has 0 amide bonds. The topological polar surface area (TPSA) is 29.3 Å². The quantitative estimate of drug-likeness (QED) is 0.802. The molecule has 0 saturated heterocycles. The molecule has 0 aromatic heterocycles. The molecule has 1 aliphatic rings. The van der Waals surface area contributed by atoms with E-state index in [1.807, 2.05) is 12.1 Å². The van der Waals surface area contributed by atoms with Crippen LogP contribution in [0.3, 0.4) is 0 Å². The fourth-order valence-electron chi connectivity index (χ4n) is 2.92. The third kappa shape index (κ3) is 2.97. The van der Waals surface area contributed by atoms with Crippen molar-refractivity contribution < 1.29 is 0 Å². The third-order valence-electron chi connectivity index (χ3n) is 3.96. The fourth-order valence-corrected chi connectivity index (χ4v) is 3.45. The van der Waals surface area contributed by atoms with Crippen molar-refractivity contribution in [2.45, 2.75) is 26.3 Å². The molecule has 2 nitrogen and oxygen atoms in total. The Labute approximate surface area is 135 Å². The van der Waals surface area contributed by atoms with Crippen molar-refractivity contribution in [2.75, 3.05) is 17.2 Å². The van der Waals surface area contributed by atoms with Gasteiger partial charge in [-0.1, -0.05) is 40.9 Å². The van der Waals surface area contributed by atoms with E-state index in [9.17, 15) is 0 Å². The van der Waals surface area contributed by atoms with Gasteiger partial charge in [-0.25, -0.2) is 0 Å². The Morgan fingerprint density at radius 1 is 1.14 bits per heavy atom. The average molecular weight is 321 g/mol. The summed E-state index contributed by atoms with van der Waals surface area (Å²) in [7, 11) is 0. The molecule has 1 aliphatic heterocycles. The van der Waals surface area contributed by atoms with E-state index >= 15 is 0 Å². The highest BCUT2D eigenvalue weighted by Crippen LogP contribution is 2.32. The molecule has 4 heteroatoms. The van der Waals surface area contributed by atoms with E-state index in [0.29, 0.717) is 15.7 Å². The van der Waals surface area contributed by atoms with E-state index in [0.717, 1.165) is 25.1 Å². The van der Waals surface area contributed by atoms with Crippen LogP contribution in [-0.4, -0.2) is 6.54 Å². The molecular weight excluding hydrogens is 303 g/mol. The number of hydrogen-bond acceptors (Lipinski definition) is 2. The lowest BCUT2D eigenvalue weighted by Gasteiger charge is -2.32. The molecule has 0 unspecified atom stereocenters. The smallest absolute Gasteiger partial charge is 0.0693 e. The predicted octanol–water partition coefficient (Wildman–Crippen LogP) is 4.84. The highest BCUT2D eigenvalue weighted by atomic mass is 35.5. The minimum Gasteiger partial charge on any atom is -0.396 e. The third-order valence-corrected chi connectivity index (χ3v) is 4.59. The van der Waals surface area contributed by atoms with Gasteiger partial charge in [0.25, 0.3) is 0 Å². The second-order valence-corrected chi connectivity index (χ2v) is 6.44. The summed E-state index contributed by atoms with van der Waals surface area (Å²) in [6, 6.07) is 10.5. The van der Waals surface area contributed by atoms with Gasteiger partial charge in [0.15, 0.2) is 0 Å². The van der Waals surface area contributed by atoms with Crippen LogP contribution in [0.2, 0.25) is 10.0 Å². The zero-order valence-corrected chi connectivity index (χ0v) is 13.5. The summed E-state index contributed by atoms with van der Waals surface area (Å²) in [4.78, 5) is 2.39. The van der Waals surface area contributed by atoms with Gasteiger partial charge in [0.05, 0.1) is 15.7 Å². The molecule has 0 fully saturated rings. The van der Waals surface area contributed by atoms with Gasteiger partial charge in [-0.05, 0) is 49.1 Å². The SMILES string of the molecule is Cc1ccc2c(c1)CCCN2Cc1cc(Cl)c(N)c(Cl)c1. The number of benzene rings is 2. The zero-order chi connectivity index (χ0) is 15.0. The normalized spacial score (nSPS) is 14.1. The van der Waals surface area contributed by atoms with E-state index in [1.54, 1.807) is 0 Å². The van der Waals surface area contributed by atoms with Crippen LogP contribution in [0.5, 0.6) is 0 Å². The summed E-state index contributed by atoms with van der Waals surface area (Å²) in [5, 5.41) is 1.05. The molecule has 0 aliphatic carbocycles. The number of nitrogens with two attached hydrogens (primary N) is 1. The fraction of sp³-hybridized carbons (Fsp3) is 0.294. The Morgan fingerprint density at radius 3 is 2.57 bits per heavy atom. The standard InChI is InChI=1S/C17H18Cl2N2/c1-11-4-5-16-13(7-11)3-2-6-21(16)10-12-8-14(18)17(20)15(19)9-12/h4-5,7-9H,2-3,6,10,20H2,1H3. The first-order valence-corrected chi connectivity index (χ1v) is 7.88. The number of halogens is 2. The monoisotopic (exact) mass is 320 g/mol. The number of hydrogen-bond donors (Lipinski definition) is 1. The minimum atomic E-state index is 0.455. The van der Waals surface area contributed by atoms with Crippen LogP contribution in [0.4, 0.5) is 11.4 Å². The Kier molecular flexibility index (Phi) is 4.01. The number of anilines is 2. The summed E-state index contributed by atoms with van der Waals surface area (Å²) in [6.07, 6.45) is 2.32. The van der Waals surface area contributed by atoms with Crippen molar-refractivity contribution in [3.05, 3.63) is 57.1 Å². The van der Waals surface area contributed by atoms with Gasteiger partial charge < -0.3 is 10.6 Å². The van der Waals surface area contributed by atoms with Gasteiger partial charge in [-0.3, -0.25) is 0 Å². The maximum atomic E-state index is 6.13. The van der Waals surface area contributed by atoms with Gasteiger partial charge in [0.2, 0.25) is 0 Å². The second-order valence-electron chi connectivity index (χ2n) is 5.63. The average Bonchev–Trinajstić information content (AvgIpc) is 2.44. The zero-order valence-electron chi connectivity index (χ0n) is 12.0. The number of rotatable bonds is 2. The Hall–Kier alpha value is -1.38. The summed E-state index contributed by atoms with van der Waals surface area (Å²) in [6.45, 7) is 3.99. The second kappa shape index (κ2) is 5.78. The summed E-state index contributed by atoms with van der Waals surface area (Å²) < 4.78 is 0. The molecule has 3 rings (SSSR count). The van der Waals surface area contributed by atoms with Crippen LogP contribution in [-0.2, 0) is 13.0 Å². The molecule has 0 bridgehead atoms. The first-order chi connectivity index (χ1) is 10.0. The number of aryl methyl sites for hydroxylation is 2. The molecule has 2 aromatic carbocycles. The molecule has 2 aromatic rings. The highest BCUT2D eigenvalue weighted by Gasteiger charge is 2.17. The van der Waals surface area contributed by atoms with E-state index in [2.05, 4.69) is 30.0 Å². The summed E-state index contributed by atoms with van der Waals surface area (Å²) >= 11 is 12.3. The van der Waals surface area contributed by atoms with Gasteiger partial charge in [0, 0.05) is 18.8 Å². The molecule has 0 saturated carbocycles. The van der Waals surface area contributed by atoms with Crippen LogP contribution in [0.1, 0.15) is 23.1 Å². The van der Waals surface area contributed by atoms with Crippen molar-refractivity contribution in [3.63, 3.8) is 0 Å². The molecule has 1 heterocycles. The lowest BCUT2D eigenvalue weighted by molar-refractivity contribution is 0.691. The minimum absolute atomic E-state index is 0.455. The molecule has 110 valence electrons. The summed E-state index contributed by atoms with van der Waals surface area (Å²) in [5.41, 5.74) is 11.4. The van der Waals surface area contributed by atoms with Crippen LogP contribution in [0.25, 0.3) is 0 Å². The van der Waals surface area contributed by atoms with Crippen molar-refractivity contribution >= 4 is 34.6 Å². The Morgan fingerprint density at radius 2 is 1.86 bits per heavy atom. The van der Waals surface area contributed by atoms with Gasteiger partial charge in [-0.15, -0.1) is 0 Å². The van der Waals surface area contributed by atoms with Crippen LogP contribution in [0, 0.1) is 6.92 Å². The number of fused-ring (bicyclic) bond motifs is 1. The van der Waals surface area contributed by atoms with Crippen molar-refractivity contribution in [1.82, 2.24) is 0 Å². The number of nitrogens with zero attached hydrogens (tertiary/aromatic N) is 1. The molecule has 0 spiro atoms. The van der Waals surface area contributed by atoms with E-state index in [4.69, 9.17) is 28.9 Å². The van der Waals surface area contributed by atoms with Gasteiger partial charge in [-0.2, -0.15) is 0 Å². The lowest BCUT2D eigenvalue weighted by atomic mass is 9.99. The lowest BCUT2D eigenvalue weighted by Crippen LogP contribution is -2.28. The number of nitrogen functional groups attached to an aromatic ring is 1. The van der Waals surface area contributed by atoms with E-state index in [-0.39, 0.29) is 0 Å². The maximum absolute atomic E-state index is 6.13. The van der Waals surface area contributed by atoms with Crippen LogP contribution < -0.4 is 10.6 Å². The first kappa shape index (κ1) is 14.6. The largest absolute Gasteiger partial charge is 0.396 e. The first-order valence-electron chi connectivity index (χ1n) is 7.12. The van der Waals surface area contributed by atoms with Crippen molar-refractivity contribution in [2.24, 2.45) is 0 Å².